The lowest BCUT2D eigenvalue weighted by atomic mass is 9.90. The lowest BCUT2D eigenvalue weighted by molar-refractivity contribution is -0.141. The number of nitrogens with zero attached hydrogens (tertiary/aromatic N) is 3. The number of piperazine rings is 1. The van der Waals surface area contributed by atoms with Crippen LogP contribution in [0.25, 0.3) is 0 Å². The standard InChI is InChI=1S/C25H27F3N4O5/c1-3-36-23(34)20-18(15-31-10-12-32(13-11-31)22(33)19-9-6-14-37-19)30(2)24(35)29-21(20)16-7-4-5-8-17(16)25(26,27)28/h4-9,14,21H,3,10-13,15H2,1-2H3,(H,29,35). The van der Waals surface area contributed by atoms with Crippen molar-refractivity contribution in [3.05, 3.63) is 70.8 Å². The first-order chi connectivity index (χ1) is 17.6. The van der Waals surface area contributed by atoms with Crippen molar-refractivity contribution in [1.29, 1.82) is 0 Å². The Morgan fingerprint density at radius 2 is 1.81 bits per heavy atom. The number of hydrogen-bond donors (Lipinski definition) is 1. The van der Waals surface area contributed by atoms with Gasteiger partial charge in [-0.1, -0.05) is 18.2 Å². The second-order valence-electron chi connectivity index (χ2n) is 8.65. The minimum Gasteiger partial charge on any atom is -0.463 e. The Morgan fingerprint density at radius 1 is 1.11 bits per heavy atom. The number of carbonyl (C=O) groups is 3. The van der Waals surface area contributed by atoms with E-state index in [1.165, 1.54) is 36.4 Å². The maximum absolute atomic E-state index is 13.8. The van der Waals surface area contributed by atoms with Crippen LogP contribution in [0.4, 0.5) is 18.0 Å². The van der Waals surface area contributed by atoms with E-state index in [-0.39, 0.29) is 41.7 Å². The number of alkyl halides is 3. The molecule has 198 valence electrons. The van der Waals surface area contributed by atoms with Gasteiger partial charge in [-0.3, -0.25) is 14.6 Å². The molecule has 0 saturated carbocycles. The van der Waals surface area contributed by atoms with E-state index in [1.807, 2.05) is 4.90 Å². The number of hydrogen-bond acceptors (Lipinski definition) is 6. The van der Waals surface area contributed by atoms with Gasteiger partial charge in [0, 0.05) is 45.5 Å². The van der Waals surface area contributed by atoms with Gasteiger partial charge in [0.25, 0.3) is 5.91 Å². The Hall–Kier alpha value is -3.80. The van der Waals surface area contributed by atoms with Gasteiger partial charge in [-0.2, -0.15) is 13.2 Å². The van der Waals surface area contributed by atoms with Crippen LogP contribution in [0.2, 0.25) is 0 Å². The molecule has 1 N–H and O–H groups in total. The number of rotatable bonds is 6. The van der Waals surface area contributed by atoms with Gasteiger partial charge < -0.3 is 19.4 Å². The van der Waals surface area contributed by atoms with E-state index >= 15 is 0 Å². The van der Waals surface area contributed by atoms with E-state index in [4.69, 9.17) is 9.15 Å². The number of halogens is 3. The highest BCUT2D eigenvalue weighted by molar-refractivity contribution is 5.95. The highest BCUT2D eigenvalue weighted by atomic mass is 19.4. The maximum Gasteiger partial charge on any atom is 0.416 e. The molecule has 2 aliphatic rings. The molecule has 0 bridgehead atoms. The Kier molecular flexibility index (Phi) is 7.58. The van der Waals surface area contributed by atoms with E-state index in [9.17, 15) is 27.6 Å². The molecule has 0 spiro atoms. The third-order valence-electron chi connectivity index (χ3n) is 6.41. The molecule has 2 aliphatic heterocycles. The summed E-state index contributed by atoms with van der Waals surface area (Å²) >= 11 is 0. The molecule has 3 heterocycles. The summed E-state index contributed by atoms with van der Waals surface area (Å²) in [6.45, 7) is 3.30. The van der Waals surface area contributed by atoms with Crippen molar-refractivity contribution in [2.24, 2.45) is 0 Å². The normalized spacial score (nSPS) is 19.2. The average molecular weight is 521 g/mol. The Labute approximate surface area is 211 Å². The fourth-order valence-corrected chi connectivity index (χ4v) is 4.52. The number of benzene rings is 1. The Bertz CT molecular complexity index is 1190. The third kappa shape index (κ3) is 5.48. The molecule has 0 radical (unpaired) electrons. The fourth-order valence-electron chi connectivity index (χ4n) is 4.52. The molecule has 2 aromatic rings. The van der Waals surface area contributed by atoms with Crippen LogP contribution in [0.1, 0.15) is 34.6 Å². The number of amides is 3. The molecule has 9 nitrogen and oxygen atoms in total. The number of ether oxygens (including phenoxy) is 1. The quantitative estimate of drug-likeness (QED) is 0.588. The fraction of sp³-hybridized carbons (Fsp3) is 0.400. The molecule has 1 atom stereocenters. The van der Waals surface area contributed by atoms with Crippen LogP contribution in [0.3, 0.4) is 0 Å². The highest BCUT2D eigenvalue weighted by Crippen LogP contribution is 2.39. The zero-order chi connectivity index (χ0) is 26.7. The summed E-state index contributed by atoms with van der Waals surface area (Å²) in [6, 6.07) is 6.05. The van der Waals surface area contributed by atoms with Crippen LogP contribution in [0, 0.1) is 0 Å². The summed E-state index contributed by atoms with van der Waals surface area (Å²) in [7, 11) is 1.45. The van der Waals surface area contributed by atoms with Crippen LogP contribution in [0.15, 0.2) is 58.3 Å². The summed E-state index contributed by atoms with van der Waals surface area (Å²) < 4.78 is 51.9. The van der Waals surface area contributed by atoms with Crippen molar-refractivity contribution in [3.8, 4) is 0 Å². The smallest absolute Gasteiger partial charge is 0.416 e. The average Bonchev–Trinajstić information content (AvgIpc) is 3.41. The molecule has 37 heavy (non-hydrogen) atoms. The van der Waals surface area contributed by atoms with Crippen molar-refractivity contribution in [2.75, 3.05) is 46.4 Å². The number of urea groups is 1. The van der Waals surface area contributed by atoms with E-state index in [0.717, 1.165) is 6.07 Å². The molecule has 1 unspecified atom stereocenters. The van der Waals surface area contributed by atoms with Crippen LogP contribution >= 0.6 is 0 Å². The minimum absolute atomic E-state index is 0.00841. The first kappa shape index (κ1) is 26.3. The molecule has 1 fully saturated rings. The van der Waals surface area contributed by atoms with E-state index in [2.05, 4.69) is 5.32 Å². The predicted octanol–water partition coefficient (Wildman–Crippen LogP) is 3.27. The van der Waals surface area contributed by atoms with Crippen molar-refractivity contribution in [1.82, 2.24) is 20.0 Å². The van der Waals surface area contributed by atoms with Crippen molar-refractivity contribution in [3.63, 3.8) is 0 Å². The largest absolute Gasteiger partial charge is 0.463 e. The van der Waals surface area contributed by atoms with Gasteiger partial charge in [0.2, 0.25) is 0 Å². The number of nitrogens with one attached hydrogen (secondary N) is 1. The molecule has 1 aromatic heterocycles. The van der Waals surface area contributed by atoms with Crippen LogP contribution in [-0.2, 0) is 15.7 Å². The summed E-state index contributed by atoms with van der Waals surface area (Å²) in [5, 5.41) is 2.54. The van der Waals surface area contributed by atoms with Gasteiger partial charge in [-0.25, -0.2) is 9.59 Å². The van der Waals surface area contributed by atoms with Crippen LogP contribution < -0.4 is 5.32 Å². The zero-order valence-corrected chi connectivity index (χ0v) is 20.4. The lowest BCUT2D eigenvalue weighted by Gasteiger charge is -2.39. The lowest BCUT2D eigenvalue weighted by Crippen LogP contribution is -2.53. The summed E-state index contributed by atoms with van der Waals surface area (Å²) in [5.41, 5.74) is -1.01. The molecular weight excluding hydrogens is 493 g/mol. The van der Waals surface area contributed by atoms with Gasteiger partial charge in [0.1, 0.15) is 0 Å². The van der Waals surface area contributed by atoms with Crippen molar-refractivity contribution >= 4 is 17.9 Å². The number of furan rings is 1. The summed E-state index contributed by atoms with van der Waals surface area (Å²) in [6.07, 6.45) is -3.27. The van der Waals surface area contributed by atoms with Gasteiger partial charge in [0.15, 0.2) is 5.76 Å². The minimum atomic E-state index is -4.69. The number of likely N-dealkylation sites (N-methyl/N-ethyl adjacent to an activating group) is 1. The van der Waals surface area contributed by atoms with Crippen LogP contribution in [-0.4, -0.2) is 79.0 Å². The molecule has 12 heteroatoms. The maximum atomic E-state index is 13.8. The molecule has 1 saturated heterocycles. The van der Waals surface area contributed by atoms with Crippen LogP contribution in [0.5, 0.6) is 0 Å². The first-order valence-corrected chi connectivity index (χ1v) is 11.8. The third-order valence-corrected chi connectivity index (χ3v) is 6.41. The number of esters is 1. The highest BCUT2D eigenvalue weighted by Gasteiger charge is 2.42. The predicted molar refractivity (Wildman–Crippen MR) is 125 cm³/mol. The topological polar surface area (TPSA) is 95.3 Å². The molecule has 0 aliphatic carbocycles. The molecular formula is C25H27F3N4O5. The molecule has 3 amide bonds. The van der Waals surface area contributed by atoms with Gasteiger partial charge in [0.05, 0.1) is 30.0 Å². The van der Waals surface area contributed by atoms with Gasteiger partial charge in [-0.05, 0) is 30.7 Å². The monoisotopic (exact) mass is 520 g/mol. The number of carbonyl (C=O) groups excluding carboxylic acids is 3. The molecule has 4 rings (SSSR count). The molecule has 1 aromatic carbocycles. The summed E-state index contributed by atoms with van der Waals surface area (Å²) in [5.74, 6) is -0.817. The Morgan fingerprint density at radius 3 is 2.43 bits per heavy atom. The Balaban J connectivity index is 1.65. The second kappa shape index (κ2) is 10.7. The SMILES string of the molecule is CCOC(=O)C1=C(CN2CCN(C(=O)c3ccco3)CC2)N(C)C(=O)NC1c1ccccc1C(F)(F)F. The van der Waals surface area contributed by atoms with Gasteiger partial charge in [-0.15, -0.1) is 0 Å². The van der Waals surface area contributed by atoms with E-state index < -0.39 is 29.8 Å². The first-order valence-electron chi connectivity index (χ1n) is 11.8. The zero-order valence-electron chi connectivity index (χ0n) is 20.4. The van der Waals surface area contributed by atoms with Crippen molar-refractivity contribution in [2.45, 2.75) is 19.1 Å². The van der Waals surface area contributed by atoms with Crippen molar-refractivity contribution < 1.29 is 36.7 Å². The summed E-state index contributed by atoms with van der Waals surface area (Å²) in [4.78, 5) is 43.3. The van der Waals surface area contributed by atoms with E-state index in [0.29, 0.717) is 26.2 Å². The van der Waals surface area contributed by atoms with Gasteiger partial charge >= 0.3 is 18.2 Å². The second-order valence-corrected chi connectivity index (χ2v) is 8.65. The van der Waals surface area contributed by atoms with E-state index in [1.54, 1.807) is 24.0 Å².